The van der Waals surface area contributed by atoms with Crippen molar-refractivity contribution in [2.45, 2.75) is 6.92 Å². The Labute approximate surface area is 171 Å². The van der Waals surface area contributed by atoms with E-state index in [9.17, 15) is 10.1 Å². The minimum Gasteiger partial charge on any atom is -0.490 e. The molecule has 0 radical (unpaired) electrons. The number of rotatable bonds is 7. The third-order valence-electron chi connectivity index (χ3n) is 3.32. The van der Waals surface area contributed by atoms with Crippen LogP contribution in [-0.4, -0.2) is 24.3 Å². The van der Waals surface area contributed by atoms with Gasteiger partial charge in [0.2, 0.25) is 0 Å². The molecule has 8 heteroatoms. The number of carboxylic acids is 1. The minimum atomic E-state index is -1.14. The smallest absolute Gasteiger partial charge is 0.341 e. The van der Waals surface area contributed by atoms with Gasteiger partial charge in [-0.25, -0.2) is 4.79 Å². The third kappa shape index (κ3) is 5.54. The number of hydrogen-bond acceptors (Lipinski definition) is 4. The molecule has 0 aliphatic heterocycles. The van der Waals surface area contributed by atoms with Crippen LogP contribution in [0.4, 0.5) is 0 Å². The highest BCUT2D eigenvalue weighted by atomic mass is 35.5. The van der Waals surface area contributed by atoms with E-state index in [1.54, 1.807) is 43.3 Å². The van der Waals surface area contributed by atoms with Crippen LogP contribution in [0.15, 0.2) is 30.3 Å². The summed E-state index contributed by atoms with van der Waals surface area (Å²) in [6.45, 7) is 1.53. The van der Waals surface area contributed by atoms with Crippen molar-refractivity contribution in [1.29, 1.82) is 5.26 Å². The van der Waals surface area contributed by atoms with Gasteiger partial charge in [-0.15, -0.1) is 0 Å². The fourth-order valence-electron chi connectivity index (χ4n) is 2.25. The van der Waals surface area contributed by atoms with Crippen molar-refractivity contribution in [1.82, 2.24) is 0 Å². The van der Waals surface area contributed by atoms with Gasteiger partial charge in [0.05, 0.1) is 28.3 Å². The maximum Gasteiger partial charge on any atom is 0.341 e. The Balaban J connectivity index is 2.49. The van der Waals surface area contributed by atoms with Crippen molar-refractivity contribution in [3.8, 4) is 17.6 Å². The largest absolute Gasteiger partial charge is 0.490 e. The second-order valence-corrected chi connectivity index (χ2v) is 6.49. The summed E-state index contributed by atoms with van der Waals surface area (Å²) in [6.07, 6.45) is 1.59. The van der Waals surface area contributed by atoms with Gasteiger partial charge in [0.25, 0.3) is 0 Å². The number of allylic oxidation sites excluding steroid dienone is 1. The quantitative estimate of drug-likeness (QED) is 0.462. The van der Waals surface area contributed by atoms with Crippen LogP contribution in [0, 0.1) is 11.3 Å². The molecule has 0 aromatic heterocycles. The molecule has 0 amide bonds. The van der Waals surface area contributed by atoms with Gasteiger partial charge in [0, 0.05) is 10.6 Å². The van der Waals surface area contributed by atoms with Crippen LogP contribution in [0.25, 0.3) is 11.6 Å². The van der Waals surface area contributed by atoms with Gasteiger partial charge in [-0.05, 0) is 42.8 Å². The third-order valence-corrected chi connectivity index (χ3v) is 4.15. The summed E-state index contributed by atoms with van der Waals surface area (Å²) in [5.74, 6) is -0.736. The van der Waals surface area contributed by atoms with E-state index >= 15 is 0 Å². The zero-order valence-corrected chi connectivity index (χ0v) is 16.4. The number of hydrogen-bond donors (Lipinski definition) is 1. The van der Waals surface area contributed by atoms with E-state index in [1.165, 1.54) is 0 Å². The Morgan fingerprint density at radius 2 is 1.93 bits per heavy atom. The van der Waals surface area contributed by atoms with E-state index < -0.39 is 12.6 Å². The van der Waals surface area contributed by atoms with E-state index in [-0.39, 0.29) is 16.5 Å². The van der Waals surface area contributed by atoms with E-state index in [4.69, 9.17) is 49.4 Å². The summed E-state index contributed by atoms with van der Waals surface area (Å²) in [5, 5.41) is 19.3. The topological polar surface area (TPSA) is 79.5 Å². The van der Waals surface area contributed by atoms with Crippen molar-refractivity contribution in [2.75, 3.05) is 13.2 Å². The molecule has 0 aliphatic rings. The van der Waals surface area contributed by atoms with Gasteiger partial charge in [0.15, 0.2) is 18.1 Å². The molecule has 1 N–H and O–H groups in total. The first-order valence-corrected chi connectivity index (χ1v) is 8.87. The zero-order valence-electron chi connectivity index (χ0n) is 14.1. The van der Waals surface area contributed by atoms with E-state index in [2.05, 4.69) is 6.07 Å². The number of aliphatic carboxylic acids is 1. The molecular formula is C19H14Cl3NO4. The van der Waals surface area contributed by atoms with Gasteiger partial charge < -0.3 is 14.6 Å². The fraction of sp³-hybridized carbons (Fsp3) is 0.158. The highest BCUT2D eigenvalue weighted by Crippen LogP contribution is 2.38. The molecule has 0 saturated carbocycles. The molecule has 0 atom stereocenters. The Morgan fingerprint density at radius 3 is 2.52 bits per heavy atom. The average Bonchev–Trinajstić information content (AvgIpc) is 2.59. The van der Waals surface area contributed by atoms with Crippen molar-refractivity contribution in [2.24, 2.45) is 0 Å². The van der Waals surface area contributed by atoms with Gasteiger partial charge in [-0.2, -0.15) is 5.26 Å². The molecule has 0 fully saturated rings. The molecule has 140 valence electrons. The van der Waals surface area contributed by atoms with Crippen LogP contribution in [0.1, 0.15) is 18.1 Å². The van der Waals surface area contributed by atoms with Crippen LogP contribution < -0.4 is 9.47 Å². The molecule has 2 rings (SSSR count). The first-order chi connectivity index (χ1) is 12.8. The van der Waals surface area contributed by atoms with Gasteiger partial charge in [-0.1, -0.05) is 40.9 Å². The Kier molecular flexibility index (Phi) is 7.37. The lowest BCUT2D eigenvalue weighted by Gasteiger charge is -2.13. The van der Waals surface area contributed by atoms with Gasteiger partial charge >= 0.3 is 5.97 Å². The van der Waals surface area contributed by atoms with Crippen LogP contribution in [0.3, 0.4) is 0 Å². The lowest BCUT2D eigenvalue weighted by molar-refractivity contribution is -0.139. The summed E-state index contributed by atoms with van der Waals surface area (Å²) >= 11 is 18.3. The highest BCUT2D eigenvalue weighted by molar-refractivity contribution is 6.36. The number of carboxylic acid groups (broad SMARTS) is 1. The van der Waals surface area contributed by atoms with Gasteiger partial charge in [-0.3, -0.25) is 0 Å². The summed E-state index contributed by atoms with van der Waals surface area (Å²) in [5.41, 5.74) is 1.38. The second kappa shape index (κ2) is 9.52. The standard InChI is InChI=1S/C19H14Cl3NO4/c1-2-26-17-7-11(6-16(22)19(17)27-10-18(24)25)5-12(9-23)14-4-3-13(20)8-15(14)21/h3-8H,2,10H2,1H3,(H,24,25)/b12-5+. The van der Waals surface area contributed by atoms with Crippen LogP contribution in [-0.2, 0) is 4.79 Å². The van der Waals surface area contributed by atoms with Crippen molar-refractivity contribution >= 4 is 52.4 Å². The first-order valence-electron chi connectivity index (χ1n) is 7.73. The Hall–Kier alpha value is -2.39. The van der Waals surface area contributed by atoms with Crippen molar-refractivity contribution < 1.29 is 19.4 Å². The predicted molar refractivity (Wildman–Crippen MR) is 106 cm³/mol. The number of ether oxygens (including phenoxy) is 2. The summed E-state index contributed by atoms with van der Waals surface area (Å²) in [7, 11) is 0. The number of nitrogens with zero attached hydrogens (tertiary/aromatic N) is 1. The van der Waals surface area contributed by atoms with Crippen molar-refractivity contribution in [3.05, 3.63) is 56.5 Å². The summed E-state index contributed by atoms with van der Waals surface area (Å²) in [4.78, 5) is 10.7. The fourth-order valence-corrected chi connectivity index (χ4v) is 3.04. The van der Waals surface area contributed by atoms with Crippen LogP contribution in [0.5, 0.6) is 11.5 Å². The number of benzene rings is 2. The highest BCUT2D eigenvalue weighted by Gasteiger charge is 2.15. The van der Waals surface area contributed by atoms with E-state index in [0.717, 1.165) is 0 Å². The molecule has 2 aromatic rings. The molecule has 5 nitrogen and oxygen atoms in total. The molecule has 0 heterocycles. The molecule has 2 aromatic carbocycles. The summed E-state index contributed by atoms with van der Waals surface area (Å²) < 4.78 is 10.7. The average molecular weight is 427 g/mol. The molecule has 0 saturated heterocycles. The zero-order chi connectivity index (χ0) is 20.0. The van der Waals surface area contributed by atoms with E-state index in [0.29, 0.717) is 33.4 Å². The van der Waals surface area contributed by atoms with Crippen molar-refractivity contribution in [3.63, 3.8) is 0 Å². The number of nitriles is 1. The lowest BCUT2D eigenvalue weighted by atomic mass is 10.0. The molecule has 27 heavy (non-hydrogen) atoms. The Bertz CT molecular complexity index is 935. The van der Waals surface area contributed by atoms with Gasteiger partial charge in [0.1, 0.15) is 0 Å². The lowest BCUT2D eigenvalue weighted by Crippen LogP contribution is -2.10. The molecule has 0 aliphatic carbocycles. The summed E-state index contributed by atoms with van der Waals surface area (Å²) in [6, 6.07) is 10.1. The Morgan fingerprint density at radius 1 is 1.19 bits per heavy atom. The molecule has 0 bridgehead atoms. The number of halogens is 3. The number of carbonyl (C=O) groups is 1. The van der Waals surface area contributed by atoms with Crippen LogP contribution in [0.2, 0.25) is 15.1 Å². The van der Waals surface area contributed by atoms with E-state index in [1.807, 2.05) is 0 Å². The van der Waals surface area contributed by atoms with Crippen LogP contribution >= 0.6 is 34.8 Å². The SMILES string of the molecule is CCOc1cc(/C=C(\C#N)c2ccc(Cl)cc2Cl)cc(Cl)c1OCC(=O)O. The second-order valence-electron chi connectivity index (χ2n) is 5.24. The minimum absolute atomic E-state index is 0.126. The predicted octanol–water partition coefficient (Wildman–Crippen LogP) is 5.57. The molecular weight excluding hydrogens is 413 g/mol. The maximum atomic E-state index is 10.7. The normalized spacial score (nSPS) is 11.0. The maximum absolute atomic E-state index is 10.7. The molecule has 0 spiro atoms. The molecule has 0 unspecified atom stereocenters. The first kappa shape index (κ1) is 20.9. The monoisotopic (exact) mass is 425 g/mol.